The number of carbonyl (C=O) groups is 1. The van der Waals surface area contributed by atoms with Gasteiger partial charge in [-0.1, -0.05) is 54.6 Å². The standard InChI is InChI=1S/C21H18N2OS/c1-15-8-7-11-17(14-15)22-21(25)23-19-13-6-5-12-18(19)20(24)16-9-3-2-4-10-16/h2-14H,1H3,(H2,22,23,25). The highest BCUT2D eigenvalue weighted by molar-refractivity contribution is 7.80. The molecular weight excluding hydrogens is 328 g/mol. The zero-order chi connectivity index (χ0) is 17.6. The van der Waals surface area contributed by atoms with Gasteiger partial charge >= 0.3 is 0 Å². The van der Waals surface area contributed by atoms with E-state index in [0.717, 1.165) is 11.3 Å². The predicted molar refractivity (Wildman–Crippen MR) is 107 cm³/mol. The lowest BCUT2D eigenvalue weighted by Crippen LogP contribution is -2.20. The monoisotopic (exact) mass is 346 g/mol. The average molecular weight is 346 g/mol. The Morgan fingerprint density at radius 3 is 2.32 bits per heavy atom. The van der Waals surface area contributed by atoms with E-state index in [1.165, 1.54) is 0 Å². The van der Waals surface area contributed by atoms with Crippen molar-refractivity contribution < 1.29 is 4.79 Å². The summed E-state index contributed by atoms with van der Waals surface area (Å²) in [5.41, 5.74) is 3.97. The van der Waals surface area contributed by atoms with E-state index >= 15 is 0 Å². The lowest BCUT2D eigenvalue weighted by molar-refractivity contribution is 0.103. The first kappa shape index (κ1) is 16.9. The molecule has 3 rings (SSSR count). The van der Waals surface area contributed by atoms with Crippen molar-refractivity contribution >= 4 is 34.5 Å². The maximum absolute atomic E-state index is 12.7. The maximum atomic E-state index is 12.7. The van der Waals surface area contributed by atoms with Crippen LogP contribution in [0.2, 0.25) is 0 Å². The SMILES string of the molecule is Cc1cccc(NC(=S)Nc2ccccc2C(=O)c2ccccc2)c1. The Labute approximate surface area is 152 Å². The summed E-state index contributed by atoms with van der Waals surface area (Å²) in [7, 11) is 0. The van der Waals surface area contributed by atoms with Crippen LogP contribution in [0, 0.1) is 6.92 Å². The van der Waals surface area contributed by atoms with Crippen LogP contribution in [-0.4, -0.2) is 10.9 Å². The van der Waals surface area contributed by atoms with Gasteiger partial charge in [0.15, 0.2) is 10.9 Å². The molecule has 0 bridgehead atoms. The summed E-state index contributed by atoms with van der Waals surface area (Å²) in [5, 5.41) is 6.72. The molecule has 0 radical (unpaired) electrons. The van der Waals surface area contributed by atoms with Crippen molar-refractivity contribution in [3.8, 4) is 0 Å². The molecular formula is C21H18N2OS. The van der Waals surface area contributed by atoms with Crippen LogP contribution in [0.4, 0.5) is 11.4 Å². The fourth-order valence-electron chi connectivity index (χ4n) is 2.54. The van der Waals surface area contributed by atoms with Crippen molar-refractivity contribution in [3.63, 3.8) is 0 Å². The minimum absolute atomic E-state index is 0.0398. The number of hydrogen-bond donors (Lipinski definition) is 2. The van der Waals surface area contributed by atoms with Gasteiger partial charge in [-0.3, -0.25) is 4.79 Å². The third-order valence-corrected chi connectivity index (χ3v) is 3.94. The molecule has 0 spiro atoms. The lowest BCUT2D eigenvalue weighted by atomic mass is 10.0. The van der Waals surface area contributed by atoms with Gasteiger partial charge in [0, 0.05) is 16.8 Å². The molecule has 3 aromatic carbocycles. The predicted octanol–water partition coefficient (Wildman–Crippen LogP) is 5.03. The second kappa shape index (κ2) is 7.73. The van der Waals surface area contributed by atoms with Crippen LogP contribution in [-0.2, 0) is 0 Å². The summed E-state index contributed by atoms with van der Waals surface area (Å²) in [6.07, 6.45) is 0. The summed E-state index contributed by atoms with van der Waals surface area (Å²) in [5.74, 6) is -0.0398. The first-order valence-electron chi connectivity index (χ1n) is 7.97. The normalized spacial score (nSPS) is 10.1. The third kappa shape index (κ3) is 4.31. The van der Waals surface area contributed by atoms with Gasteiger partial charge in [0.05, 0.1) is 5.69 Å². The zero-order valence-electron chi connectivity index (χ0n) is 13.8. The van der Waals surface area contributed by atoms with E-state index in [9.17, 15) is 4.79 Å². The first-order chi connectivity index (χ1) is 12.1. The van der Waals surface area contributed by atoms with Crippen LogP contribution in [0.3, 0.4) is 0 Å². The molecule has 3 nitrogen and oxygen atoms in total. The van der Waals surface area contributed by atoms with Crippen LogP contribution in [0.5, 0.6) is 0 Å². The van der Waals surface area contributed by atoms with Crippen LogP contribution >= 0.6 is 12.2 Å². The fourth-order valence-corrected chi connectivity index (χ4v) is 2.77. The minimum atomic E-state index is -0.0398. The van der Waals surface area contributed by atoms with E-state index in [2.05, 4.69) is 10.6 Å². The Morgan fingerprint density at radius 1 is 0.840 bits per heavy atom. The molecule has 0 aromatic heterocycles. The van der Waals surface area contributed by atoms with Crippen molar-refractivity contribution in [1.82, 2.24) is 0 Å². The van der Waals surface area contributed by atoms with E-state index in [-0.39, 0.29) is 5.78 Å². The lowest BCUT2D eigenvalue weighted by Gasteiger charge is -2.14. The van der Waals surface area contributed by atoms with Gasteiger partial charge in [-0.15, -0.1) is 0 Å². The number of rotatable bonds is 4. The Hall–Kier alpha value is -2.98. The molecule has 0 heterocycles. The Kier molecular flexibility index (Phi) is 5.21. The number of thiocarbonyl (C=S) groups is 1. The molecule has 2 N–H and O–H groups in total. The van der Waals surface area contributed by atoms with E-state index in [0.29, 0.717) is 21.9 Å². The molecule has 0 fully saturated rings. The Bertz CT molecular complexity index is 907. The molecule has 0 unspecified atom stereocenters. The van der Waals surface area contributed by atoms with Crippen LogP contribution in [0.1, 0.15) is 21.5 Å². The average Bonchev–Trinajstić information content (AvgIpc) is 2.62. The van der Waals surface area contributed by atoms with Crippen molar-refractivity contribution in [3.05, 3.63) is 95.6 Å². The van der Waals surface area contributed by atoms with E-state index < -0.39 is 0 Å². The number of para-hydroxylation sites is 1. The largest absolute Gasteiger partial charge is 0.332 e. The molecule has 0 aliphatic carbocycles. The molecule has 3 aromatic rings. The number of benzene rings is 3. The quantitative estimate of drug-likeness (QED) is 0.513. The zero-order valence-corrected chi connectivity index (χ0v) is 14.6. The summed E-state index contributed by atoms with van der Waals surface area (Å²) >= 11 is 5.39. The van der Waals surface area contributed by atoms with Crippen LogP contribution in [0.25, 0.3) is 0 Å². The van der Waals surface area contributed by atoms with Gasteiger partial charge in [-0.2, -0.15) is 0 Å². The summed E-state index contributed by atoms with van der Waals surface area (Å²) in [4.78, 5) is 12.7. The highest BCUT2D eigenvalue weighted by Crippen LogP contribution is 2.20. The van der Waals surface area contributed by atoms with Crippen LogP contribution in [0.15, 0.2) is 78.9 Å². The first-order valence-corrected chi connectivity index (χ1v) is 8.38. The van der Waals surface area contributed by atoms with E-state index in [1.54, 1.807) is 6.07 Å². The molecule has 25 heavy (non-hydrogen) atoms. The van der Waals surface area contributed by atoms with Crippen molar-refractivity contribution in [2.24, 2.45) is 0 Å². The number of anilines is 2. The van der Waals surface area contributed by atoms with Crippen molar-refractivity contribution in [2.45, 2.75) is 6.92 Å². The van der Waals surface area contributed by atoms with Gasteiger partial charge in [0.1, 0.15) is 0 Å². The molecule has 0 amide bonds. The molecule has 124 valence electrons. The fraction of sp³-hybridized carbons (Fsp3) is 0.0476. The second-order valence-electron chi connectivity index (χ2n) is 5.69. The summed E-state index contributed by atoms with van der Waals surface area (Å²) < 4.78 is 0. The van der Waals surface area contributed by atoms with Crippen LogP contribution < -0.4 is 10.6 Å². The Morgan fingerprint density at radius 2 is 1.56 bits per heavy atom. The van der Waals surface area contributed by atoms with Gasteiger partial charge < -0.3 is 10.6 Å². The van der Waals surface area contributed by atoms with Gasteiger partial charge in [-0.25, -0.2) is 0 Å². The summed E-state index contributed by atoms with van der Waals surface area (Å²) in [6.45, 7) is 2.02. The van der Waals surface area contributed by atoms with Gasteiger partial charge in [-0.05, 0) is 49.0 Å². The van der Waals surface area contributed by atoms with E-state index in [4.69, 9.17) is 12.2 Å². The van der Waals surface area contributed by atoms with Gasteiger partial charge in [0.2, 0.25) is 0 Å². The minimum Gasteiger partial charge on any atom is -0.332 e. The maximum Gasteiger partial charge on any atom is 0.195 e. The van der Waals surface area contributed by atoms with Gasteiger partial charge in [0.25, 0.3) is 0 Å². The number of carbonyl (C=O) groups excluding carboxylic acids is 1. The van der Waals surface area contributed by atoms with E-state index in [1.807, 2.05) is 79.7 Å². The van der Waals surface area contributed by atoms with Crippen molar-refractivity contribution in [2.75, 3.05) is 10.6 Å². The number of aryl methyl sites for hydroxylation is 1. The highest BCUT2D eigenvalue weighted by atomic mass is 32.1. The second-order valence-corrected chi connectivity index (χ2v) is 6.10. The smallest absolute Gasteiger partial charge is 0.195 e. The third-order valence-electron chi connectivity index (χ3n) is 3.73. The Balaban J connectivity index is 1.79. The molecule has 0 aliphatic heterocycles. The summed E-state index contributed by atoms with van der Waals surface area (Å²) in [6, 6.07) is 24.5. The molecule has 0 saturated carbocycles. The number of nitrogens with one attached hydrogen (secondary N) is 2. The molecule has 0 saturated heterocycles. The highest BCUT2D eigenvalue weighted by Gasteiger charge is 2.13. The van der Waals surface area contributed by atoms with Crippen molar-refractivity contribution in [1.29, 1.82) is 0 Å². The topological polar surface area (TPSA) is 41.1 Å². The molecule has 0 atom stereocenters. The molecule has 4 heteroatoms. The number of hydrogen-bond acceptors (Lipinski definition) is 2. The molecule has 0 aliphatic rings. The number of ketones is 1.